The van der Waals surface area contributed by atoms with Crippen LogP contribution >= 0.6 is 23.2 Å². The summed E-state index contributed by atoms with van der Waals surface area (Å²) in [6, 6.07) is 11.2. The molecule has 10 nitrogen and oxygen atoms in total. The number of carbonyl (C=O) groups is 2. The Labute approximate surface area is 211 Å². The van der Waals surface area contributed by atoms with Crippen molar-refractivity contribution < 1.29 is 22.7 Å². The number of anilines is 2. The summed E-state index contributed by atoms with van der Waals surface area (Å²) in [5.41, 5.74) is 5.75. The Kier molecular flexibility index (Phi) is 8.65. The Morgan fingerprint density at radius 3 is 2.34 bits per heavy atom. The zero-order chi connectivity index (χ0) is 25.6. The molecule has 3 aromatic rings. The molecule has 2 amide bonds. The van der Waals surface area contributed by atoms with Crippen LogP contribution < -0.4 is 25.8 Å². The number of hydrogen-bond acceptors (Lipinski definition) is 7. The van der Waals surface area contributed by atoms with Gasteiger partial charge in [-0.3, -0.25) is 9.59 Å². The van der Waals surface area contributed by atoms with Crippen molar-refractivity contribution in [2.45, 2.75) is 4.90 Å². The number of amides is 2. The molecule has 0 atom stereocenters. The van der Waals surface area contributed by atoms with E-state index in [9.17, 15) is 18.0 Å². The maximum Gasteiger partial charge on any atom is 0.259 e. The third-order valence-corrected chi connectivity index (χ3v) is 6.47. The molecule has 0 spiro atoms. The minimum Gasteiger partial charge on any atom is -0.491 e. The summed E-state index contributed by atoms with van der Waals surface area (Å²) in [6.45, 7) is 0.191. The van der Waals surface area contributed by atoms with Crippen LogP contribution in [0.2, 0.25) is 10.0 Å². The second-order valence-electron chi connectivity index (χ2n) is 6.96. The number of nitrogens with one attached hydrogen (secondary N) is 3. The highest BCUT2D eigenvalue weighted by Gasteiger charge is 2.21. The van der Waals surface area contributed by atoms with Crippen molar-refractivity contribution >= 4 is 56.5 Å². The van der Waals surface area contributed by atoms with Crippen molar-refractivity contribution in [2.24, 2.45) is 5.73 Å². The lowest BCUT2D eigenvalue weighted by Crippen LogP contribution is -2.21. The van der Waals surface area contributed by atoms with Crippen molar-refractivity contribution in [3.05, 3.63) is 75.9 Å². The molecule has 0 unspecified atom stereocenters. The van der Waals surface area contributed by atoms with Crippen LogP contribution in [0.25, 0.3) is 0 Å². The Bertz CT molecular complexity index is 1350. The summed E-state index contributed by atoms with van der Waals surface area (Å²) < 4.78 is 32.0. The summed E-state index contributed by atoms with van der Waals surface area (Å²) >= 11 is 11.9. The number of nitrogens with zero attached hydrogens (tertiary/aromatic N) is 1. The fourth-order valence-electron chi connectivity index (χ4n) is 2.90. The largest absolute Gasteiger partial charge is 0.491 e. The molecule has 1 aromatic heterocycles. The maximum absolute atomic E-state index is 13.1. The summed E-state index contributed by atoms with van der Waals surface area (Å²) in [7, 11) is -2.51. The summed E-state index contributed by atoms with van der Waals surface area (Å²) in [4.78, 5) is 29.9. The molecule has 0 aliphatic heterocycles. The second-order valence-corrected chi connectivity index (χ2v) is 9.72. The lowest BCUT2D eigenvalue weighted by molar-refractivity contribution is 0.102. The van der Waals surface area contributed by atoms with Gasteiger partial charge >= 0.3 is 0 Å². The molecular formula is C22H21Cl2N5O5S. The van der Waals surface area contributed by atoms with E-state index in [0.29, 0.717) is 5.02 Å². The normalized spacial score (nSPS) is 11.1. The van der Waals surface area contributed by atoms with Gasteiger partial charge in [-0.2, -0.15) is 0 Å². The Hall–Kier alpha value is -3.22. The third-order valence-electron chi connectivity index (χ3n) is 4.60. The van der Waals surface area contributed by atoms with Crippen molar-refractivity contribution in [3.63, 3.8) is 0 Å². The number of carbonyl (C=O) groups excluding carboxylic acids is 2. The molecule has 5 N–H and O–H groups in total. The number of hydrogen-bond donors (Lipinski definition) is 4. The van der Waals surface area contributed by atoms with Crippen LogP contribution in [0, 0.1) is 0 Å². The molecule has 0 bridgehead atoms. The Morgan fingerprint density at radius 2 is 1.69 bits per heavy atom. The predicted octanol–water partition coefficient (Wildman–Crippen LogP) is 3.14. The average Bonchev–Trinajstić information content (AvgIpc) is 2.84. The zero-order valence-electron chi connectivity index (χ0n) is 18.3. The Morgan fingerprint density at radius 1 is 0.971 bits per heavy atom. The van der Waals surface area contributed by atoms with Crippen LogP contribution in [-0.2, 0) is 10.0 Å². The predicted molar refractivity (Wildman–Crippen MR) is 134 cm³/mol. The molecule has 3 rings (SSSR count). The molecule has 13 heteroatoms. The number of rotatable bonds is 9. The first-order valence-electron chi connectivity index (χ1n) is 10.1. The van der Waals surface area contributed by atoms with Crippen LogP contribution in [0.5, 0.6) is 5.75 Å². The second kappa shape index (κ2) is 11.5. The van der Waals surface area contributed by atoms with E-state index in [1.54, 1.807) is 6.07 Å². The van der Waals surface area contributed by atoms with Gasteiger partial charge in [0.1, 0.15) is 18.2 Å². The Balaban J connectivity index is 1.92. The van der Waals surface area contributed by atoms with E-state index in [-0.39, 0.29) is 51.5 Å². The molecule has 184 valence electrons. The summed E-state index contributed by atoms with van der Waals surface area (Å²) in [5, 5.41) is 5.92. The van der Waals surface area contributed by atoms with Gasteiger partial charge in [-0.25, -0.2) is 18.1 Å². The van der Waals surface area contributed by atoms with Crippen LogP contribution in [0.15, 0.2) is 59.6 Å². The minimum absolute atomic E-state index is 0.00889. The number of sulfonamides is 1. The van der Waals surface area contributed by atoms with E-state index in [1.165, 1.54) is 55.7 Å². The fourth-order valence-corrected chi connectivity index (χ4v) is 3.93. The smallest absolute Gasteiger partial charge is 0.259 e. The standard InChI is InChI=1S/C22H21Cl2N5O5S/c1-26-35(32,33)15-4-5-16(19(11-15)34-9-8-25)21(30)28-18-6-2-13(23)10-17(18)22(31)29-20-7-3-14(24)12-27-20/h2-7,10-12,26H,8-9,25H2,1H3,(H,28,30)(H,27,29,31). The van der Waals surface area contributed by atoms with E-state index >= 15 is 0 Å². The maximum atomic E-state index is 13.1. The van der Waals surface area contributed by atoms with Gasteiger partial charge in [-0.05, 0) is 49.5 Å². The van der Waals surface area contributed by atoms with Crippen LogP contribution in [-0.4, -0.2) is 45.4 Å². The van der Waals surface area contributed by atoms with Gasteiger partial charge in [0.25, 0.3) is 11.8 Å². The van der Waals surface area contributed by atoms with E-state index in [4.69, 9.17) is 33.7 Å². The molecule has 0 aliphatic rings. The topological polar surface area (TPSA) is 153 Å². The number of pyridine rings is 1. The van der Waals surface area contributed by atoms with Gasteiger partial charge in [-0.1, -0.05) is 23.2 Å². The molecule has 0 aliphatic carbocycles. The van der Waals surface area contributed by atoms with Gasteiger partial charge in [0, 0.05) is 23.8 Å². The van der Waals surface area contributed by atoms with Gasteiger partial charge in [0.15, 0.2) is 0 Å². The monoisotopic (exact) mass is 537 g/mol. The highest BCUT2D eigenvalue weighted by molar-refractivity contribution is 7.89. The number of nitrogens with two attached hydrogens (primary N) is 1. The summed E-state index contributed by atoms with van der Waals surface area (Å²) in [5.74, 6) is -0.968. The number of benzene rings is 2. The quantitative estimate of drug-likeness (QED) is 0.327. The molecule has 0 saturated carbocycles. The van der Waals surface area contributed by atoms with Crippen LogP contribution in [0.1, 0.15) is 20.7 Å². The first-order valence-corrected chi connectivity index (χ1v) is 12.3. The SMILES string of the molecule is CNS(=O)(=O)c1ccc(C(=O)Nc2ccc(Cl)cc2C(=O)Nc2ccc(Cl)cn2)c(OCCN)c1. The molecule has 0 radical (unpaired) electrons. The van der Waals surface area contributed by atoms with E-state index in [2.05, 4.69) is 20.3 Å². The summed E-state index contributed by atoms with van der Waals surface area (Å²) in [6.07, 6.45) is 1.37. The molecular weight excluding hydrogens is 517 g/mol. The third kappa shape index (κ3) is 6.68. The van der Waals surface area contributed by atoms with Crippen LogP contribution in [0.3, 0.4) is 0 Å². The van der Waals surface area contributed by atoms with Crippen molar-refractivity contribution in [1.29, 1.82) is 0 Å². The van der Waals surface area contributed by atoms with E-state index < -0.39 is 21.8 Å². The first-order chi connectivity index (χ1) is 16.6. The molecule has 0 fully saturated rings. The minimum atomic E-state index is -3.78. The highest BCUT2D eigenvalue weighted by atomic mass is 35.5. The molecule has 35 heavy (non-hydrogen) atoms. The first kappa shape index (κ1) is 26.4. The lowest BCUT2D eigenvalue weighted by atomic mass is 10.1. The molecule has 2 aromatic carbocycles. The highest BCUT2D eigenvalue weighted by Crippen LogP contribution is 2.27. The average molecular weight is 538 g/mol. The van der Waals surface area contributed by atoms with Gasteiger partial charge in [0.2, 0.25) is 10.0 Å². The number of aromatic nitrogens is 1. The molecule has 1 heterocycles. The van der Waals surface area contributed by atoms with Crippen molar-refractivity contribution in [1.82, 2.24) is 9.71 Å². The van der Waals surface area contributed by atoms with E-state index in [0.717, 1.165) is 0 Å². The lowest BCUT2D eigenvalue weighted by Gasteiger charge is -2.15. The van der Waals surface area contributed by atoms with Gasteiger partial charge in [0.05, 0.1) is 26.7 Å². The zero-order valence-corrected chi connectivity index (χ0v) is 20.7. The van der Waals surface area contributed by atoms with Gasteiger partial charge in [-0.15, -0.1) is 0 Å². The number of ether oxygens (including phenoxy) is 1. The van der Waals surface area contributed by atoms with Crippen molar-refractivity contribution in [2.75, 3.05) is 30.8 Å². The number of halogens is 2. The van der Waals surface area contributed by atoms with Crippen molar-refractivity contribution in [3.8, 4) is 5.75 Å². The van der Waals surface area contributed by atoms with Crippen LogP contribution in [0.4, 0.5) is 11.5 Å². The molecule has 0 saturated heterocycles. The van der Waals surface area contributed by atoms with Gasteiger partial charge < -0.3 is 21.1 Å². The fraction of sp³-hybridized carbons (Fsp3) is 0.136. The van der Waals surface area contributed by atoms with E-state index in [1.807, 2.05) is 0 Å².